The molecule has 3 atom stereocenters. The number of carbonyl (C=O) groups is 3. The van der Waals surface area contributed by atoms with E-state index in [4.69, 9.17) is 0 Å². The van der Waals surface area contributed by atoms with Crippen molar-refractivity contribution >= 4 is 52.2 Å². The molecule has 3 heterocycles. The zero-order valence-corrected chi connectivity index (χ0v) is 21.7. The molecule has 0 unspecified atom stereocenters. The Kier molecular flexibility index (Phi) is 6.40. The van der Waals surface area contributed by atoms with Crippen LogP contribution in [-0.2, 0) is 20.9 Å². The van der Waals surface area contributed by atoms with Gasteiger partial charge in [0, 0.05) is 16.5 Å². The third kappa shape index (κ3) is 4.47. The molecule has 3 aromatic carbocycles. The lowest BCUT2D eigenvalue weighted by Gasteiger charge is -2.30. The maximum atomic E-state index is 13.8. The molecule has 2 aliphatic heterocycles. The molecule has 3 amide bonds. The minimum absolute atomic E-state index is 0.340. The number of amides is 3. The van der Waals surface area contributed by atoms with Crippen molar-refractivity contribution in [3.05, 3.63) is 111 Å². The first-order chi connectivity index (χ1) is 18.8. The number of fused-ring (bicyclic) bond motifs is 2. The molecule has 4 aromatic rings. The quantitative estimate of drug-likeness (QED) is 0.358. The van der Waals surface area contributed by atoms with E-state index < -0.39 is 51.3 Å². The zero-order chi connectivity index (χ0) is 27.3. The van der Waals surface area contributed by atoms with Gasteiger partial charge in [0.1, 0.15) is 23.4 Å². The number of imide groups is 1. The normalized spacial score (nSPS) is 20.1. The summed E-state index contributed by atoms with van der Waals surface area (Å²) in [7, 11) is 0. The second-order valence-corrected chi connectivity index (χ2v) is 11.2. The van der Waals surface area contributed by atoms with Crippen LogP contribution in [0.4, 0.5) is 20.2 Å². The maximum absolute atomic E-state index is 13.8. The largest absolute Gasteiger partial charge is 0.325 e. The van der Waals surface area contributed by atoms with Crippen LogP contribution >= 0.6 is 23.1 Å². The van der Waals surface area contributed by atoms with Gasteiger partial charge in [0.25, 0.3) is 0 Å². The van der Waals surface area contributed by atoms with E-state index in [-0.39, 0.29) is 6.54 Å². The third-order valence-electron chi connectivity index (χ3n) is 6.72. The molecule has 1 saturated heterocycles. The maximum Gasteiger partial charge on any atom is 0.308 e. The number of aromatic nitrogens is 1. The van der Waals surface area contributed by atoms with E-state index in [9.17, 15) is 28.0 Å². The number of rotatable bonds is 5. The molecular weight excluding hydrogens is 544 g/mol. The lowest BCUT2D eigenvalue weighted by Crippen LogP contribution is -2.33. The van der Waals surface area contributed by atoms with Crippen molar-refractivity contribution in [1.82, 2.24) is 4.57 Å². The minimum atomic E-state index is -0.847. The highest BCUT2D eigenvalue weighted by Crippen LogP contribution is 2.53. The number of para-hydroxylation sites is 1. The lowest BCUT2D eigenvalue weighted by molar-refractivity contribution is -0.122. The lowest BCUT2D eigenvalue weighted by atomic mass is 9.83. The molecule has 196 valence electrons. The number of nitrogens with zero attached hydrogens (tertiary/aromatic N) is 2. The Morgan fingerprint density at radius 2 is 1.49 bits per heavy atom. The fourth-order valence-electron chi connectivity index (χ4n) is 4.99. The van der Waals surface area contributed by atoms with Gasteiger partial charge >= 0.3 is 4.87 Å². The van der Waals surface area contributed by atoms with Crippen LogP contribution in [0.3, 0.4) is 0 Å². The number of anilines is 2. The van der Waals surface area contributed by atoms with Gasteiger partial charge in [0.15, 0.2) is 0 Å². The SMILES string of the molecule is O=C(Cn1c2c(sc1=O)[C@@H](c1ccc(F)cc1)[C@@H]1C(=O)N(c3ccccc3)C(=O)[C@@H]1S2)Nc1ccc(F)cc1. The number of carbonyl (C=O) groups excluding carboxylic acids is 3. The van der Waals surface area contributed by atoms with Crippen LogP contribution in [-0.4, -0.2) is 27.5 Å². The summed E-state index contributed by atoms with van der Waals surface area (Å²) < 4.78 is 28.3. The van der Waals surface area contributed by atoms with Gasteiger partial charge in [-0.25, -0.2) is 13.7 Å². The summed E-state index contributed by atoms with van der Waals surface area (Å²) in [5.41, 5.74) is 1.40. The number of halogens is 2. The van der Waals surface area contributed by atoms with Crippen LogP contribution in [0.2, 0.25) is 0 Å². The zero-order valence-electron chi connectivity index (χ0n) is 20.0. The van der Waals surface area contributed by atoms with Gasteiger partial charge in [-0.1, -0.05) is 53.4 Å². The Morgan fingerprint density at radius 1 is 0.846 bits per heavy atom. The highest BCUT2D eigenvalue weighted by atomic mass is 32.2. The second kappa shape index (κ2) is 9.90. The molecule has 1 N–H and O–H groups in total. The molecule has 7 nitrogen and oxygen atoms in total. The van der Waals surface area contributed by atoms with E-state index >= 15 is 0 Å². The van der Waals surface area contributed by atoms with Crippen LogP contribution in [0.1, 0.15) is 16.4 Å². The molecule has 0 aliphatic carbocycles. The van der Waals surface area contributed by atoms with E-state index in [0.29, 0.717) is 26.8 Å². The molecule has 39 heavy (non-hydrogen) atoms. The Morgan fingerprint density at radius 3 is 2.15 bits per heavy atom. The number of hydrogen-bond donors (Lipinski definition) is 1. The number of thioether (sulfide) groups is 1. The fourth-order valence-corrected chi connectivity index (χ4v) is 7.77. The molecule has 11 heteroatoms. The molecule has 0 bridgehead atoms. The van der Waals surface area contributed by atoms with E-state index in [1.807, 2.05) is 0 Å². The summed E-state index contributed by atoms with van der Waals surface area (Å²) in [4.78, 5) is 54.6. The Bertz CT molecular complexity index is 1650. The fraction of sp³-hybridized carbons (Fsp3) is 0.143. The summed E-state index contributed by atoms with van der Waals surface area (Å²) in [6, 6.07) is 19.5. The third-order valence-corrected chi connectivity index (χ3v) is 9.33. The van der Waals surface area contributed by atoms with E-state index in [1.54, 1.807) is 42.5 Å². The molecule has 2 aliphatic rings. The second-order valence-electron chi connectivity index (χ2n) is 9.12. The Hall–Kier alpha value is -4.09. The number of hydrogen-bond acceptors (Lipinski definition) is 6. The summed E-state index contributed by atoms with van der Waals surface area (Å²) >= 11 is 2.00. The smallest absolute Gasteiger partial charge is 0.308 e. The van der Waals surface area contributed by atoms with Crippen molar-refractivity contribution in [2.45, 2.75) is 22.7 Å². The Labute approximate surface area is 229 Å². The van der Waals surface area contributed by atoms with Gasteiger partial charge in [-0.15, -0.1) is 0 Å². The van der Waals surface area contributed by atoms with Crippen molar-refractivity contribution in [2.75, 3.05) is 10.2 Å². The van der Waals surface area contributed by atoms with E-state index in [1.165, 1.54) is 45.9 Å². The van der Waals surface area contributed by atoms with Gasteiger partial charge in [0.2, 0.25) is 17.7 Å². The van der Waals surface area contributed by atoms with Gasteiger partial charge in [-0.2, -0.15) is 0 Å². The predicted molar refractivity (Wildman–Crippen MR) is 144 cm³/mol. The molecule has 0 radical (unpaired) electrons. The first-order valence-electron chi connectivity index (χ1n) is 12.0. The first-order valence-corrected chi connectivity index (χ1v) is 13.7. The van der Waals surface area contributed by atoms with Gasteiger partial charge in [-0.05, 0) is 54.1 Å². The average molecular weight is 564 g/mol. The molecular formula is C28H19F2N3O4S2. The number of thiazole rings is 1. The van der Waals surface area contributed by atoms with Crippen molar-refractivity contribution in [2.24, 2.45) is 5.92 Å². The summed E-state index contributed by atoms with van der Waals surface area (Å²) in [6.07, 6.45) is 0. The van der Waals surface area contributed by atoms with Crippen molar-refractivity contribution in [3.8, 4) is 0 Å². The van der Waals surface area contributed by atoms with Crippen LogP contribution in [0, 0.1) is 17.6 Å². The van der Waals surface area contributed by atoms with E-state index in [2.05, 4.69) is 5.32 Å². The number of nitrogens with one attached hydrogen (secondary N) is 1. The molecule has 1 fully saturated rings. The highest BCUT2D eigenvalue weighted by Gasteiger charge is 2.56. The molecule has 0 spiro atoms. The summed E-state index contributed by atoms with van der Waals surface area (Å²) in [6.45, 7) is -0.340. The van der Waals surface area contributed by atoms with Crippen LogP contribution in [0.15, 0.2) is 88.7 Å². The van der Waals surface area contributed by atoms with Gasteiger partial charge in [-0.3, -0.25) is 23.7 Å². The van der Waals surface area contributed by atoms with Crippen molar-refractivity contribution in [1.29, 1.82) is 0 Å². The van der Waals surface area contributed by atoms with Crippen LogP contribution < -0.4 is 15.1 Å². The molecule has 0 saturated carbocycles. The van der Waals surface area contributed by atoms with Crippen molar-refractivity contribution in [3.63, 3.8) is 0 Å². The molecule has 1 aromatic heterocycles. The standard InChI is InChI=1S/C28H19F2N3O4S2/c29-16-8-6-15(7-9-16)21-22-23(26(36)33(25(22)35)19-4-2-1-3-5-19)38-27-24(21)39-28(37)32(27)14-20(34)31-18-12-10-17(30)11-13-18/h1-13,21-23H,14H2,(H,31,34)/t21-,22-,23+/m0/s1. The van der Waals surface area contributed by atoms with Crippen molar-refractivity contribution < 1.29 is 23.2 Å². The highest BCUT2D eigenvalue weighted by molar-refractivity contribution is 8.00. The predicted octanol–water partition coefficient (Wildman–Crippen LogP) is 4.62. The average Bonchev–Trinajstić information content (AvgIpc) is 3.37. The van der Waals surface area contributed by atoms with Crippen LogP contribution in [0.25, 0.3) is 0 Å². The summed E-state index contributed by atoms with van der Waals surface area (Å²) in [5, 5.41) is 2.22. The van der Waals surface area contributed by atoms with Crippen LogP contribution in [0.5, 0.6) is 0 Å². The van der Waals surface area contributed by atoms with Gasteiger partial charge in [0.05, 0.1) is 16.6 Å². The molecule has 6 rings (SSSR count). The number of benzene rings is 3. The van der Waals surface area contributed by atoms with Gasteiger partial charge < -0.3 is 5.32 Å². The Balaban J connectivity index is 1.40. The topological polar surface area (TPSA) is 88.5 Å². The minimum Gasteiger partial charge on any atom is -0.325 e. The monoisotopic (exact) mass is 563 g/mol. The van der Waals surface area contributed by atoms with E-state index in [0.717, 1.165) is 23.1 Å². The first kappa shape index (κ1) is 25.2. The summed E-state index contributed by atoms with van der Waals surface area (Å²) in [5.74, 6) is -3.73.